The van der Waals surface area contributed by atoms with Gasteiger partial charge in [-0.2, -0.15) is 11.8 Å². The van der Waals surface area contributed by atoms with Gasteiger partial charge >= 0.3 is 5.97 Å². The van der Waals surface area contributed by atoms with Crippen molar-refractivity contribution in [2.45, 2.75) is 6.92 Å². The van der Waals surface area contributed by atoms with Crippen molar-refractivity contribution >= 4 is 34.3 Å². The molecule has 0 amide bonds. The summed E-state index contributed by atoms with van der Waals surface area (Å²) < 4.78 is 14.4. The molecule has 0 bridgehead atoms. The Bertz CT molecular complexity index is 813. The lowest BCUT2D eigenvalue weighted by molar-refractivity contribution is 0.0694. The van der Waals surface area contributed by atoms with Gasteiger partial charge in [0.15, 0.2) is 0 Å². The first-order chi connectivity index (χ1) is 10.5. The number of nitrogens with one attached hydrogen (secondary N) is 1. The highest BCUT2D eigenvalue weighted by atomic mass is 32.2. The summed E-state index contributed by atoms with van der Waals surface area (Å²) in [7, 11) is 0. The summed E-state index contributed by atoms with van der Waals surface area (Å²) in [5.41, 5.74) is 0.192. The average molecular weight is 322 g/mol. The number of hydrogen-bond acceptors (Lipinski definition) is 4. The van der Waals surface area contributed by atoms with Gasteiger partial charge in [0.2, 0.25) is 5.43 Å². The standard InChI is InChI=1S/C15H15FN2O3S/c1-8-13(15(20)21)14(19)9-6-10(16)12(7-11(9)17-8)18-2-4-22-5-3-18/h6-7H,2-5H2,1H3,(H,17,19)(H,20,21). The molecule has 1 aromatic carbocycles. The molecule has 7 heteroatoms. The average Bonchev–Trinajstić information content (AvgIpc) is 2.48. The highest BCUT2D eigenvalue weighted by molar-refractivity contribution is 7.99. The van der Waals surface area contributed by atoms with Crippen molar-refractivity contribution in [2.75, 3.05) is 29.5 Å². The highest BCUT2D eigenvalue weighted by Crippen LogP contribution is 2.26. The molecule has 0 spiro atoms. The molecule has 2 heterocycles. The second-order valence-corrected chi connectivity index (χ2v) is 6.43. The van der Waals surface area contributed by atoms with Gasteiger partial charge in [0.1, 0.15) is 11.4 Å². The number of hydrogen-bond donors (Lipinski definition) is 2. The topological polar surface area (TPSA) is 73.4 Å². The molecule has 1 saturated heterocycles. The molecule has 0 saturated carbocycles. The Morgan fingerprint density at radius 3 is 2.68 bits per heavy atom. The maximum Gasteiger partial charge on any atom is 0.341 e. The van der Waals surface area contributed by atoms with E-state index < -0.39 is 17.2 Å². The molecule has 0 aliphatic carbocycles. The number of fused-ring (bicyclic) bond motifs is 1. The van der Waals surface area contributed by atoms with Gasteiger partial charge in [0.05, 0.1) is 11.2 Å². The molecule has 2 N–H and O–H groups in total. The molecule has 116 valence electrons. The van der Waals surface area contributed by atoms with Crippen molar-refractivity contribution in [3.05, 3.63) is 39.4 Å². The van der Waals surface area contributed by atoms with Gasteiger partial charge < -0.3 is 15.0 Å². The minimum Gasteiger partial charge on any atom is -0.477 e. The number of halogens is 1. The Labute approximate surface area is 130 Å². The van der Waals surface area contributed by atoms with E-state index in [2.05, 4.69) is 4.98 Å². The van der Waals surface area contributed by atoms with Gasteiger partial charge in [0, 0.05) is 35.7 Å². The lowest BCUT2D eigenvalue weighted by Crippen LogP contribution is -2.33. The zero-order valence-corrected chi connectivity index (χ0v) is 12.8. The normalized spacial score (nSPS) is 15.3. The summed E-state index contributed by atoms with van der Waals surface area (Å²) >= 11 is 1.83. The minimum atomic E-state index is -1.31. The first kappa shape index (κ1) is 14.9. The first-order valence-electron chi connectivity index (χ1n) is 6.91. The monoisotopic (exact) mass is 322 g/mol. The maximum atomic E-state index is 14.4. The number of pyridine rings is 1. The number of aromatic nitrogens is 1. The quantitative estimate of drug-likeness (QED) is 0.887. The number of aromatic amines is 1. The van der Waals surface area contributed by atoms with E-state index in [0.29, 0.717) is 11.2 Å². The Balaban J connectivity index is 2.20. The summed E-state index contributed by atoms with van der Waals surface area (Å²) in [4.78, 5) is 28.3. The second kappa shape index (κ2) is 5.64. The van der Waals surface area contributed by atoms with Gasteiger partial charge in [-0.15, -0.1) is 0 Å². The van der Waals surface area contributed by atoms with Crippen LogP contribution < -0.4 is 10.3 Å². The molecular formula is C15H15FN2O3S. The van der Waals surface area contributed by atoms with Crippen LogP contribution in [0.3, 0.4) is 0 Å². The fourth-order valence-corrected chi connectivity index (χ4v) is 3.63. The van der Waals surface area contributed by atoms with E-state index in [4.69, 9.17) is 5.11 Å². The Kier molecular flexibility index (Phi) is 3.82. The number of nitrogens with zero attached hydrogens (tertiary/aromatic N) is 1. The SMILES string of the molecule is Cc1[nH]c2cc(N3CCSCC3)c(F)cc2c(=O)c1C(=O)O. The lowest BCUT2D eigenvalue weighted by Gasteiger charge is -2.29. The summed E-state index contributed by atoms with van der Waals surface area (Å²) in [5.74, 6) is 0.0685. The van der Waals surface area contributed by atoms with E-state index in [-0.39, 0.29) is 16.6 Å². The maximum absolute atomic E-state index is 14.4. The van der Waals surface area contributed by atoms with Gasteiger partial charge in [-0.1, -0.05) is 0 Å². The molecular weight excluding hydrogens is 307 g/mol. The number of carbonyl (C=O) groups is 1. The Morgan fingerprint density at radius 1 is 1.36 bits per heavy atom. The number of aromatic carboxylic acids is 1. The number of aryl methyl sites for hydroxylation is 1. The molecule has 1 aliphatic heterocycles. The van der Waals surface area contributed by atoms with Gasteiger partial charge in [-0.3, -0.25) is 4.79 Å². The third-order valence-electron chi connectivity index (χ3n) is 3.82. The molecule has 3 rings (SSSR count). The van der Waals surface area contributed by atoms with Crippen LogP contribution in [0.15, 0.2) is 16.9 Å². The number of thioether (sulfide) groups is 1. The van der Waals surface area contributed by atoms with E-state index in [1.807, 2.05) is 16.7 Å². The second-order valence-electron chi connectivity index (χ2n) is 5.21. The van der Waals surface area contributed by atoms with Crippen molar-refractivity contribution in [3.8, 4) is 0 Å². The molecule has 1 aliphatic rings. The van der Waals surface area contributed by atoms with Crippen molar-refractivity contribution in [1.29, 1.82) is 0 Å². The van der Waals surface area contributed by atoms with Crippen LogP contribution in [0.2, 0.25) is 0 Å². The predicted molar refractivity (Wildman–Crippen MR) is 85.8 cm³/mol. The van der Waals surface area contributed by atoms with E-state index >= 15 is 0 Å². The fourth-order valence-electron chi connectivity index (χ4n) is 2.73. The predicted octanol–water partition coefficient (Wildman–Crippen LogP) is 2.23. The van der Waals surface area contributed by atoms with Crippen molar-refractivity contribution in [3.63, 3.8) is 0 Å². The van der Waals surface area contributed by atoms with Crippen LogP contribution in [0.1, 0.15) is 16.1 Å². The summed E-state index contributed by atoms with van der Waals surface area (Å²) in [6.07, 6.45) is 0. The fraction of sp³-hybridized carbons (Fsp3) is 0.333. The molecule has 0 radical (unpaired) electrons. The van der Waals surface area contributed by atoms with Crippen molar-refractivity contribution < 1.29 is 14.3 Å². The van der Waals surface area contributed by atoms with Crippen LogP contribution >= 0.6 is 11.8 Å². The third-order valence-corrected chi connectivity index (χ3v) is 4.76. The van der Waals surface area contributed by atoms with Gasteiger partial charge in [0.25, 0.3) is 0 Å². The first-order valence-corrected chi connectivity index (χ1v) is 8.06. The van der Waals surface area contributed by atoms with Crippen molar-refractivity contribution in [1.82, 2.24) is 4.98 Å². The largest absolute Gasteiger partial charge is 0.477 e. The van der Waals surface area contributed by atoms with Crippen LogP contribution in [0.25, 0.3) is 10.9 Å². The lowest BCUT2D eigenvalue weighted by atomic mass is 10.1. The number of benzene rings is 1. The van der Waals surface area contributed by atoms with Crippen LogP contribution in [0, 0.1) is 12.7 Å². The van der Waals surface area contributed by atoms with Gasteiger partial charge in [-0.25, -0.2) is 9.18 Å². The van der Waals surface area contributed by atoms with Crippen LogP contribution in [-0.2, 0) is 0 Å². The van der Waals surface area contributed by atoms with Crippen LogP contribution in [0.5, 0.6) is 0 Å². The summed E-state index contributed by atoms with van der Waals surface area (Å²) in [6, 6.07) is 2.73. The van der Waals surface area contributed by atoms with E-state index in [9.17, 15) is 14.0 Å². The highest BCUT2D eigenvalue weighted by Gasteiger charge is 2.20. The van der Waals surface area contributed by atoms with E-state index in [1.54, 1.807) is 6.07 Å². The zero-order chi connectivity index (χ0) is 15.9. The minimum absolute atomic E-state index is 0.0654. The number of anilines is 1. The number of carboxylic acids is 1. The Morgan fingerprint density at radius 2 is 2.05 bits per heavy atom. The smallest absolute Gasteiger partial charge is 0.341 e. The Hall–Kier alpha value is -2.02. The molecule has 1 aromatic heterocycles. The summed E-state index contributed by atoms with van der Waals surface area (Å²) in [6.45, 7) is 3.04. The molecule has 1 fully saturated rings. The number of H-pyrrole nitrogens is 1. The molecule has 0 atom stereocenters. The number of carboxylic acid groups (broad SMARTS) is 1. The molecule has 0 unspecified atom stereocenters. The van der Waals surface area contributed by atoms with E-state index in [0.717, 1.165) is 30.7 Å². The summed E-state index contributed by atoms with van der Waals surface area (Å²) in [5, 5.41) is 9.17. The molecule has 22 heavy (non-hydrogen) atoms. The molecule has 2 aromatic rings. The zero-order valence-electron chi connectivity index (χ0n) is 12.0. The van der Waals surface area contributed by atoms with Crippen LogP contribution in [0.4, 0.5) is 10.1 Å². The van der Waals surface area contributed by atoms with E-state index in [1.165, 1.54) is 6.92 Å². The van der Waals surface area contributed by atoms with Crippen LogP contribution in [-0.4, -0.2) is 40.7 Å². The molecule has 5 nitrogen and oxygen atoms in total. The number of rotatable bonds is 2. The van der Waals surface area contributed by atoms with Crippen molar-refractivity contribution in [2.24, 2.45) is 0 Å². The third kappa shape index (κ3) is 2.45. The van der Waals surface area contributed by atoms with Gasteiger partial charge in [-0.05, 0) is 19.1 Å².